The minimum absolute atomic E-state index is 0.0528. The average Bonchev–Trinajstić information content (AvgIpc) is 2.26. The Kier molecular flexibility index (Phi) is 12.4. The summed E-state index contributed by atoms with van der Waals surface area (Å²) in [4.78, 5) is 0. The van der Waals surface area contributed by atoms with E-state index < -0.39 is 0 Å². The first-order valence-electron chi connectivity index (χ1n) is 5.05. The van der Waals surface area contributed by atoms with Crippen molar-refractivity contribution in [2.24, 2.45) is 0 Å². The van der Waals surface area contributed by atoms with Gasteiger partial charge >= 0.3 is 0 Å². The highest BCUT2D eigenvalue weighted by Gasteiger charge is 1.88. The van der Waals surface area contributed by atoms with Gasteiger partial charge in [0.25, 0.3) is 0 Å². The molecule has 0 bridgehead atoms. The van der Waals surface area contributed by atoms with Crippen molar-refractivity contribution in [2.75, 3.05) is 39.6 Å². The summed E-state index contributed by atoms with van der Waals surface area (Å²) in [6, 6.07) is 0. The summed E-state index contributed by atoms with van der Waals surface area (Å²) < 4.78 is 15.3. The van der Waals surface area contributed by atoms with Crippen molar-refractivity contribution in [1.82, 2.24) is 0 Å². The molecule has 0 rings (SSSR count). The molecule has 0 aliphatic rings. The minimum Gasteiger partial charge on any atom is -0.499 e. The van der Waals surface area contributed by atoms with Gasteiger partial charge in [-0.25, -0.2) is 0 Å². The molecule has 0 amide bonds. The lowest BCUT2D eigenvalue weighted by molar-refractivity contribution is 0.0203. The zero-order chi connectivity index (χ0) is 11.2. The number of aliphatic hydroxyl groups excluding tert-OH is 1. The minimum atomic E-state index is 0.0528. The van der Waals surface area contributed by atoms with Crippen molar-refractivity contribution in [2.45, 2.75) is 6.42 Å². The van der Waals surface area contributed by atoms with Crippen molar-refractivity contribution in [3.63, 3.8) is 0 Å². The van der Waals surface area contributed by atoms with Gasteiger partial charge in [-0.2, -0.15) is 0 Å². The van der Waals surface area contributed by atoms with Gasteiger partial charge in [-0.05, 0) is 12.5 Å². The molecule has 0 aromatic rings. The van der Waals surface area contributed by atoms with Gasteiger partial charge < -0.3 is 19.3 Å². The summed E-state index contributed by atoms with van der Waals surface area (Å²) in [6.45, 7) is 6.11. The van der Waals surface area contributed by atoms with Crippen molar-refractivity contribution in [3.8, 4) is 0 Å². The van der Waals surface area contributed by atoms with Crippen molar-refractivity contribution in [3.05, 3.63) is 25.0 Å². The predicted octanol–water partition coefficient (Wildman–Crippen LogP) is 1.12. The largest absolute Gasteiger partial charge is 0.499 e. The van der Waals surface area contributed by atoms with Crippen LogP contribution in [0.5, 0.6) is 0 Å². The maximum Gasteiger partial charge on any atom is 0.111 e. The molecule has 4 heteroatoms. The van der Waals surface area contributed by atoms with Crippen LogP contribution in [0.4, 0.5) is 0 Å². The Balaban J connectivity index is 2.95. The van der Waals surface area contributed by atoms with Crippen LogP contribution < -0.4 is 0 Å². The topological polar surface area (TPSA) is 47.9 Å². The fraction of sp³-hybridized carbons (Fsp3) is 0.636. The lowest BCUT2D eigenvalue weighted by Gasteiger charge is -2.04. The van der Waals surface area contributed by atoms with E-state index in [9.17, 15) is 0 Å². The van der Waals surface area contributed by atoms with E-state index in [-0.39, 0.29) is 6.61 Å². The van der Waals surface area contributed by atoms with E-state index in [2.05, 4.69) is 6.58 Å². The molecule has 0 saturated carbocycles. The molecule has 0 heterocycles. The van der Waals surface area contributed by atoms with Gasteiger partial charge in [0.2, 0.25) is 0 Å². The second kappa shape index (κ2) is 13.2. The predicted molar refractivity (Wildman–Crippen MR) is 58.6 cm³/mol. The van der Waals surface area contributed by atoms with Crippen molar-refractivity contribution in [1.29, 1.82) is 0 Å². The Morgan fingerprint density at radius 1 is 1.00 bits per heavy atom. The molecule has 0 radical (unpaired) electrons. The first-order valence-corrected chi connectivity index (χ1v) is 5.05. The lowest BCUT2D eigenvalue weighted by atomic mass is 10.4. The molecule has 0 aromatic carbocycles. The summed E-state index contributed by atoms with van der Waals surface area (Å²) in [5.41, 5.74) is 0. The van der Waals surface area contributed by atoms with Crippen LogP contribution in [-0.4, -0.2) is 44.7 Å². The molecule has 0 spiro atoms. The molecule has 4 nitrogen and oxygen atoms in total. The average molecular weight is 216 g/mol. The number of allylic oxidation sites excluding steroid dienone is 2. The zero-order valence-corrected chi connectivity index (χ0v) is 9.06. The third-order valence-electron chi connectivity index (χ3n) is 1.45. The normalized spacial score (nSPS) is 10.7. The number of hydrogen-bond acceptors (Lipinski definition) is 4. The fourth-order valence-corrected chi connectivity index (χ4v) is 0.781. The molecular weight excluding hydrogens is 196 g/mol. The van der Waals surface area contributed by atoms with E-state index in [1.54, 1.807) is 12.3 Å². The number of aliphatic hydroxyl groups is 1. The van der Waals surface area contributed by atoms with Crippen molar-refractivity contribution >= 4 is 0 Å². The van der Waals surface area contributed by atoms with Gasteiger partial charge in [-0.1, -0.05) is 6.08 Å². The molecule has 1 N–H and O–H groups in total. The van der Waals surface area contributed by atoms with Crippen molar-refractivity contribution < 1.29 is 19.3 Å². The van der Waals surface area contributed by atoms with E-state index in [4.69, 9.17) is 19.3 Å². The SMILES string of the molecule is C=CCC=COCCOCCOCCO. The lowest BCUT2D eigenvalue weighted by Crippen LogP contribution is -2.09. The van der Waals surface area contributed by atoms with E-state index in [0.717, 1.165) is 6.42 Å². The quantitative estimate of drug-likeness (QED) is 0.319. The smallest absolute Gasteiger partial charge is 0.111 e. The molecule has 15 heavy (non-hydrogen) atoms. The van der Waals surface area contributed by atoms with Crippen LogP contribution in [0.2, 0.25) is 0 Å². The first kappa shape index (κ1) is 14.2. The second-order valence-corrected chi connectivity index (χ2v) is 2.72. The van der Waals surface area contributed by atoms with Gasteiger partial charge in [0.05, 0.1) is 39.3 Å². The second-order valence-electron chi connectivity index (χ2n) is 2.72. The van der Waals surface area contributed by atoms with E-state index in [0.29, 0.717) is 33.0 Å². The monoisotopic (exact) mass is 216 g/mol. The molecule has 0 atom stereocenters. The summed E-state index contributed by atoms with van der Waals surface area (Å²) in [5.74, 6) is 0. The first-order chi connectivity index (χ1) is 7.41. The molecule has 0 fully saturated rings. The van der Waals surface area contributed by atoms with Crippen LogP contribution >= 0.6 is 0 Å². The van der Waals surface area contributed by atoms with E-state index in [1.807, 2.05) is 6.08 Å². The number of hydrogen-bond donors (Lipinski definition) is 1. The maximum atomic E-state index is 8.41. The molecule has 88 valence electrons. The number of ether oxygens (including phenoxy) is 3. The van der Waals surface area contributed by atoms with Crippen LogP contribution in [0.3, 0.4) is 0 Å². The van der Waals surface area contributed by atoms with Crippen LogP contribution in [0, 0.1) is 0 Å². The Morgan fingerprint density at radius 3 is 2.33 bits per heavy atom. The van der Waals surface area contributed by atoms with Crippen LogP contribution in [0.1, 0.15) is 6.42 Å². The van der Waals surface area contributed by atoms with Gasteiger partial charge in [0.15, 0.2) is 0 Å². The Morgan fingerprint density at radius 2 is 1.67 bits per heavy atom. The molecule has 0 aliphatic heterocycles. The highest BCUT2D eigenvalue weighted by Crippen LogP contribution is 1.85. The van der Waals surface area contributed by atoms with E-state index in [1.165, 1.54) is 0 Å². The summed E-state index contributed by atoms with van der Waals surface area (Å²) in [6.07, 6.45) is 6.15. The molecule has 0 aromatic heterocycles. The van der Waals surface area contributed by atoms with Crippen LogP contribution in [-0.2, 0) is 14.2 Å². The number of rotatable bonds is 11. The highest BCUT2D eigenvalue weighted by molar-refractivity contribution is 4.83. The maximum absolute atomic E-state index is 8.41. The summed E-state index contributed by atoms with van der Waals surface area (Å²) >= 11 is 0. The van der Waals surface area contributed by atoms with Gasteiger partial charge in [0.1, 0.15) is 6.61 Å². The summed E-state index contributed by atoms with van der Waals surface area (Å²) in [5, 5.41) is 8.41. The van der Waals surface area contributed by atoms with Gasteiger partial charge in [0, 0.05) is 0 Å². The van der Waals surface area contributed by atoms with Crippen LogP contribution in [0.25, 0.3) is 0 Å². The Bertz CT molecular complexity index is 157. The van der Waals surface area contributed by atoms with E-state index >= 15 is 0 Å². The Hall–Kier alpha value is -0.840. The van der Waals surface area contributed by atoms with Crippen LogP contribution in [0.15, 0.2) is 25.0 Å². The fourth-order valence-electron chi connectivity index (χ4n) is 0.781. The highest BCUT2D eigenvalue weighted by atomic mass is 16.5. The zero-order valence-electron chi connectivity index (χ0n) is 9.06. The molecule has 0 aliphatic carbocycles. The molecular formula is C11H20O4. The Labute approximate surface area is 91.1 Å². The van der Waals surface area contributed by atoms with Gasteiger partial charge in [-0.15, -0.1) is 6.58 Å². The third kappa shape index (κ3) is 13.2. The molecule has 0 unspecified atom stereocenters. The summed E-state index contributed by atoms with van der Waals surface area (Å²) in [7, 11) is 0. The van der Waals surface area contributed by atoms with Gasteiger partial charge in [-0.3, -0.25) is 0 Å². The third-order valence-corrected chi connectivity index (χ3v) is 1.45. The standard InChI is InChI=1S/C11H20O4/c1-2-3-4-6-13-8-10-15-11-9-14-7-5-12/h2,4,6,12H,1,3,5,7-11H2. The molecule has 0 saturated heterocycles.